The van der Waals surface area contributed by atoms with E-state index >= 15 is 0 Å². The minimum atomic E-state index is -3.11. The second kappa shape index (κ2) is 14.6. The molecule has 0 fully saturated rings. The first kappa shape index (κ1) is 25.6. The van der Waals surface area contributed by atoms with Crippen molar-refractivity contribution >= 4 is 64.0 Å². The minimum absolute atomic E-state index is 0. The molecule has 0 amide bonds. The summed E-state index contributed by atoms with van der Waals surface area (Å²) in [7, 11) is -3.11. The van der Waals surface area contributed by atoms with Gasteiger partial charge < -0.3 is 9.97 Å². The number of alkyl halides is 2. The van der Waals surface area contributed by atoms with Gasteiger partial charge in [-0.3, -0.25) is 15.0 Å². The number of isothiocyanates is 1. The van der Waals surface area contributed by atoms with Crippen LogP contribution in [0.3, 0.4) is 0 Å². The van der Waals surface area contributed by atoms with E-state index in [2.05, 4.69) is 27.2 Å². The molecule has 144 valence electrons. The molecule has 3 rings (SSSR count). The van der Waals surface area contributed by atoms with Crippen LogP contribution in [-0.2, 0) is 21.6 Å². The summed E-state index contributed by atoms with van der Waals surface area (Å²) in [5, 5.41) is 8.66. The fourth-order valence-electron chi connectivity index (χ4n) is 1.97. The normalized spacial score (nSPS) is 9.26. The molecule has 0 aliphatic carbocycles. The second-order valence-electron chi connectivity index (χ2n) is 4.37. The van der Waals surface area contributed by atoms with E-state index in [0.29, 0.717) is 16.3 Å². The Hall–Kier alpha value is -1.42. The van der Waals surface area contributed by atoms with Crippen molar-refractivity contribution < 1.29 is 21.6 Å². The van der Waals surface area contributed by atoms with Crippen LogP contribution in [0.15, 0.2) is 73.2 Å². The van der Waals surface area contributed by atoms with Crippen molar-refractivity contribution in [2.75, 3.05) is 5.34 Å². The summed E-state index contributed by atoms with van der Waals surface area (Å²) in [6.07, 6.45) is 4.90. The monoisotopic (exact) mass is 486 g/mol. The Morgan fingerprint density at radius 1 is 0.852 bits per heavy atom. The Labute approximate surface area is 183 Å². The van der Waals surface area contributed by atoms with Crippen molar-refractivity contribution in [1.29, 1.82) is 0 Å². The van der Waals surface area contributed by atoms with Crippen molar-refractivity contribution in [2.45, 2.75) is 0 Å². The zero-order valence-electron chi connectivity index (χ0n) is 13.7. The molecular formula is C17H14Cl2CuN4OPS. The van der Waals surface area contributed by atoms with Gasteiger partial charge in [0.2, 0.25) is 7.14 Å². The van der Waals surface area contributed by atoms with Gasteiger partial charge in [-0.25, -0.2) is 0 Å². The average Bonchev–Trinajstić information content (AvgIpc) is 2.71. The van der Waals surface area contributed by atoms with Crippen LogP contribution in [0.4, 0.5) is 0 Å². The first-order chi connectivity index (χ1) is 12.6. The Kier molecular flexibility index (Phi) is 13.8. The van der Waals surface area contributed by atoms with E-state index in [1.165, 1.54) is 5.16 Å². The fourth-order valence-corrected chi connectivity index (χ4v) is 4.25. The van der Waals surface area contributed by atoms with E-state index in [4.69, 9.17) is 28.6 Å². The maximum absolute atomic E-state index is 13.6. The molecule has 0 saturated carbocycles. The van der Waals surface area contributed by atoms with Crippen LogP contribution in [0.25, 0.3) is 5.41 Å². The number of halogens is 2. The number of pyridine rings is 3. The molecule has 0 unspecified atom stereocenters. The van der Waals surface area contributed by atoms with Gasteiger partial charge in [0.25, 0.3) is 0 Å². The average molecular weight is 488 g/mol. The minimum Gasteiger partial charge on any atom is -0.753 e. The number of nitrogens with zero attached hydrogens (tertiary/aromatic N) is 4. The number of hydrogen-bond donors (Lipinski definition) is 0. The summed E-state index contributed by atoms with van der Waals surface area (Å²) in [4.78, 5) is 12.8. The van der Waals surface area contributed by atoms with Crippen LogP contribution >= 0.6 is 42.6 Å². The van der Waals surface area contributed by atoms with Crippen LogP contribution in [0.2, 0.25) is 0 Å². The first-order valence-corrected chi connectivity index (χ1v) is 10.3. The quantitative estimate of drug-likeness (QED) is 0.185. The summed E-state index contributed by atoms with van der Waals surface area (Å²) in [6.45, 7) is 0. The standard InChI is InChI=1S/C15H12N3OP.CH2Cl2.CNS.Cu/c19-20(13-7-1-4-10-16-13,14-8-2-5-11-17-14)15-9-3-6-12-18-15;2*2-1-3;/h1-12H;1H2;;/q;;-1;+1. The summed E-state index contributed by atoms with van der Waals surface area (Å²) in [5.74, 6) is 0. The Morgan fingerprint density at radius 3 is 1.30 bits per heavy atom. The molecule has 27 heavy (non-hydrogen) atoms. The molecule has 0 aromatic carbocycles. The van der Waals surface area contributed by atoms with Crippen LogP contribution in [0.1, 0.15) is 0 Å². The van der Waals surface area contributed by atoms with Gasteiger partial charge in [-0.2, -0.15) is 5.16 Å². The molecule has 0 radical (unpaired) electrons. The zero-order valence-corrected chi connectivity index (χ0v) is 17.9. The Bertz CT molecular complexity index is 751. The molecule has 3 aromatic heterocycles. The third kappa shape index (κ3) is 7.61. The molecule has 0 saturated heterocycles. The van der Waals surface area contributed by atoms with E-state index < -0.39 is 7.14 Å². The largest absolute Gasteiger partial charge is 1.00 e. The second-order valence-corrected chi connectivity index (χ2v) is 7.95. The van der Waals surface area contributed by atoms with Gasteiger partial charge in [-0.05, 0) is 36.4 Å². The molecule has 0 N–H and O–H groups in total. The van der Waals surface area contributed by atoms with Gasteiger partial charge in [0.1, 0.15) is 16.3 Å². The molecule has 0 atom stereocenters. The van der Waals surface area contributed by atoms with Gasteiger partial charge in [0.15, 0.2) is 0 Å². The molecule has 0 aliphatic heterocycles. The molecule has 0 aliphatic rings. The van der Waals surface area contributed by atoms with Gasteiger partial charge in [-0.1, -0.05) is 30.4 Å². The Morgan fingerprint density at radius 2 is 1.11 bits per heavy atom. The third-order valence-corrected chi connectivity index (χ3v) is 5.65. The SMILES string of the molecule is ClCCl.O=P(c1ccccn1)(c1ccccn1)c1ccccn1.[Cu+].[N-]=C=S. The first-order valence-electron chi connectivity index (χ1n) is 7.13. The molecular weight excluding hydrogens is 474 g/mol. The topological polar surface area (TPSA) is 78.0 Å². The van der Waals surface area contributed by atoms with E-state index in [9.17, 15) is 4.57 Å². The number of rotatable bonds is 3. The molecule has 3 heterocycles. The van der Waals surface area contributed by atoms with Crippen molar-refractivity contribution in [3.8, 4) is 0 Å². The van der Waals surface area contributed by atoms with Gasteiger partial charge in [0, 0.05) is 18.6 Å². The molecule has 5 nitrogen and oxygen atoms in total. The van der Waals surface area contributed by atoms with Crippen LogP contribution in [0.5, 0.6) is 0 Å². The predicted molar refractivity (Wildman–Crippen MR) is 112 cm³/mol. The zero-order chi connectivity index (χ0) is 19.3. The summed E-state index contributed by atoms with van der Waals surface area (Å²) in [6, 6.07) is 16.1. The number of hydrogen-bond acceptors (Lipinski definition) is 5. The third-order valence-electron chi connectivity index (χ3n) is 2.92. The van der Waals surface area contributed by atoms with Gasteiger partial charge >= 0.3 is 17.1 Å². The molecule has 0 spiro atoms. The summed E-state index contributed by atoms with van der Waals surface area (Å²) >= 11 is 13.2. The Balaban J connectivity index is 0.000000860. The van der Waals surface area contributed by atoms with Crippen molar-refractivity contribution in [3.05, 3.63) is 78.6 Å². The molecule has 3 aromatic rings. The number of aromatic nitrogens is 3. The van der Waals surface area contributed by atoms with Gasteiger partial charge in [0.05, 0.1) is 5.34 Å². The van der Waals surface area contributed by atoms with Crippen molar-refractivity contribution in [2.24, 2.45) is 0 Å². The maximum atomic E-state index is 13.6. The molecule has 0 bridgehead atoms. The van der Waals surface area contributed by atoms with E-state index in [1.807, 2.05) is 18.2 Å². The fraction of sp³-hybridized carbons (Fsp3) is 0.0588. The number of thiocarbonyl (C=S) groups is 1. The van der Waals surface area contributed by atoms with Gasteiger partial charge in [-0.15, -0.1) is 23.2 Å². The van der Waals surface area contributed by atoms with Crippen LogP contribution < -0.4 is 16.3 Å². The van der Waals surface area contributed by atoms with Crippen molar-refractivity contribution in [1.82, 2.24) is 15.0 Å². The predicted octanol–water partition coefficient (Wildman–Crippen LogP) is 3.59. The smallest absolute Gasteiger partial charge is 0.753 e. The van der Waals surface area contributed by atoms with Crippen LogP contribution in [-0.4, -0.2) is 25.5 Å². The van der Waals surface area contributed by atoms with E-state index in [-0.39, 0.29) is 22.4 Å². The van der Waals surface area contributed by atoms with Crippen molar-refractivity contribution in [3.63, 3.8) is 0 Å². The maximum Gasteiger partial charge on any atom is 1.00 e. The summed E-state index contributed by atoms with van der Waals surface area (Å²) < 4.78 is 13.6. The molecule has 10 heteroatoms. The van der Waals surface area contributed by atoms with E-state index in [0.717, 1.165) is 0 Å². The van der Waals surface area contributed by atoms with E-state index in [1.54, 1.807) is 55.0 Å². The summed E-state index contributed by atoms with van der Waals surface area (Å²) in [5.41, 5.74) is 1.49. The van der Waals surface area contributed by atoms with Crippen LogP contribution in [0, 0.1) is 0 Å².